The molecule has 1 aliphatic carbocycles. The van der Waals surface area contributed by atoms with E-state index in [-0.39, 0.29) is 26.0 Å². The molecule has 0 saturated heterocycles. The molecule has 132 valence electrons. The largest absolute Gasteiger partial charge is 0.382 e. The van der Waals surface area contributed by atoms with E-state index in [1.54, 1.807) is 0 Å². The number of sulfone groups is 1. The topological polar surface area (TPSA) is 115 Å². The summed E-state index contributed by atoms with van der Waals surface area (Å²) < 4.78 is 38.1. The van der Waals surface area contributed by atoms with Crippen molar-refractivity contribution >= 4 is 32.9 Å². The lowest BCUT2D eigenvalue weighted by Gasteiger charge is -2.05. The van der Waals surface area contributed by atoms with Crippen molar-refractivity contribution in [2.24, 2.45) is 5.73 Å². The highest BCUT2D eigenvalue weighted by Gasteiger charge is 2.47. The van der Waals surface area contributed by atoms with Crippen LogP contribution in [-0.4, -0.2) is 30.8 Å². The Hall–Kier alpha value is -2.10. The van der Waals surface area contributed by atoms with Crippen LogP contribution in [0.15, 0.2) is 39.4 Å². The van der Waals surface area contributed by atoms with Crippen LogP contribution in [0.1, 0.15) is 28.1 Å². The van der Waals surface area contributed by atoms with Gasteiger partial charge >= 0.3 is 0 Å². The molecule has 3 rings (SSSR count). The second-order valence-corrected chi connectivity index (χ2v) is 9.17. The number of nitrogens with two attached hydrogens (primary N) is 1. The molecule has 1 aromatic heterocycles. The molecule has 2 aromatic rings. The van der Waals surface area contributed by atoms with E-state index in [9.17, 15) is 27.5 Å². The molecule has 0 atom stereocenters. The quantitative estimate of drug-likeness (QED) is 0.733. The SMILES string of the molecule is NC(=O)c1cc(S(=O)(=O)c2ccc(F)cc2)sc1CC(=O)C1(O)CC1. The van der Waals surface area contributed by atoms with Crippen molar-refractivity contribution in [3.63, 3.8) is 0 Å². The molecule has 1 saturated carbocycles. The molecular weight excluding hydrogens is 369 g/mol. The van der Waals surface area contributed by atoms with Crippen LogP contribution in [0.5, 0.6) is 0 Å². The number of primary amides is 1. The number of hydrogen-bond donors (Lipinski definition) is 2. The van der Waals surface area contributed by atoms with Crippen molar-refractivity contribution in [3.05, 3.63) is 46.6 Å². The Kier molecular flexibility index (Phi) is 4.26. The smallest absolute Gasteiger partial charge is 0.249 e. The number of halogens is 1. The maximum absolute atomic E-state index is 13.0. The van der Waals surface area contributed by atoms with Crippen LogP contribution in [0.25, 0.3) is 0 Å². The Morgan fingerprint density at radius 3 is 2.36 bits per heavy atom. The van der Waals surface area contributed by atoms with E-state index in [0.717, 1.165) is 41.7 Å². The fourth-order valence-electron chi connectivity index (χ4n) is 2.31. The molecule has 9 heteroatoms. The zero-order valence-corrected chi connectivity index (χ0v) is 14.5. The summed E-state index contributed by atoms with van der Waals surface area (Å²) in [5, 5.41) is 9.84. The molecule has 6 nitrogen and oxygen atoms in total. The summed E-state index contributed by atoms with van der Waals surface area (Å²) in [6, 6.07) is 5.38. The van der Waals surface area contributed by atoms with Crippen LogP contribution >= 0.6 is 11.3 Å². The second-order valence-electron chi connectivity index (χ2n) is 5.86. The van der Waals surface area contributed by atoms with E-state index in [1.165, 1.54) is 0 Å². The van der Waals surface area contributed by atoms with E-state index < -0.39 is 32.9 Å². The standard InChI is InChI=1S/C16H14FNO5S2/c17-9-1-3-10(4-2-9)25(22,23)14-7-11(15(18)20)12(24-14)8-13(19)16(21)5-6-16/h1-4,7,21H,5-6,8H2,(H2,18,20). The van der Waals surface area contributed by atoms with Gasteiger partial charge in [-0.1, -0.05) is 0 Å². The zero-order chi connectivity index (χ0) is 18.4. The average Bonchev–Trinajstić information content (AvgIpc) is 3.15. The molecule has 0 aliphatic heterocycles. The van der Waals surface area contributed by atoms with Crippen molar-refractivity contribution in [2.45, 2.75) is 34.0 Å². The van der Waals surface area contributed by atoms with Crippen molar-refractivity contribution in [2.75, 3.05) is 0 Å². The highest BCUT2D eigenvalue weighted by Crippen LogP contribution is 2.38. The summed E-state index contributed by atoms with van der Waals surface area (Å²) in [4.78, 5) is 23.7. The third-order valence-corrected chi connectivity index (χ3v) is 7.38. The van der Waals surface area contributed by atoms with Crippen molar-refractivity contribution < 1.29 is 27.5 Å². The molecular formula is C16H14FNO5S2. The number of amides is 1. The molecule has 1 fully saturated rings. The molecule has 3 N–H and O–H groups in total. The first kappa shape index (κ1) is 17.7. The molecule has 1 aromatic carbocycles. The van der Waals surface area contributed by atoms with Crippen LogP contribution < -0.4 is 5.73 Å². The highest BCUT2D eigenvalue weighted by molar-refractivity contribution is 7.93. The van der Waals surface area contributed by atoms with Gasteiger partial charge < -0.3 is 10.8 Å². The van der Waals surface area contributed by atoms with Gasteiger partial charge in [-0.3, -0.25) is 9.59 Å². The summed E-state index contributed by atoms with van der Waals surface area (Å²) in [7, 11) is -3.98. The van der Waals surface area contributed by atoms with Gasteiger partial charge in [0, 0.05) is 11.3 Å². The van der Waals surface area contributed by atoms with E-state index in [1.807, 2.05) is 0 Å². The molecule has 1 amide bonds. The first-order valence-electron chi connectivity index (χ1n) is 7.32. The molecule has 1 heterocycles. The summed E-state index contributed by atoms with van der Waals surface area (Å²) in [5.41, 5.74) is 3.83. The zero-order valence-electron chi connectivity index (χ0n) is 12.9. The van der Waals surface area contributed by atoms with Gasteiger partial charge in [-0.15, -0.1) is 11.3 Å². The van der Waals surface area contributed by atoms with Crippen LogP contribution in [0.3, 0.4) is 0 Å². The fourth-order valence-corrected chi connectivity index (χ4v) is 5.24. The maximum atomic E-state index is 13.0. The number of aliphatic hydroxyl groups is 1. The Morgan fingerprint density at radius 2 is 1.84 bits per heavy atom. The van der Waals surface area contributed by atoms with Gasteiger partial charge in [0.05, 0.1) is 10.5 Å². The van der Waals surface area contributed by atoms with Crippen molar-refractivity contribution in [1.29, 1.82) is 0 Å². The Bertz CT molecular complexity index is 959. The van der Waals surface area contributed by atoms with Crippen LogP contribution in [0.2, 0.25) is 0 Å². The van der Waals surface area contributed by atoms with E-state index in [2.05, 4.69) is 0 Å². The predicted octanol–water partition coefficient (Wildman–Crippen LogP) is 1.46. The first-order valence-corrected chi connectivity index (χ1v) is 9.62. The lowest BCUT2D eigenvalue weighted by Crippen LogP contribution is -2.24. The Labute approximate surface area is 147 Å². The van der Waals surface area contributed by atoms with Gasteiger partial charge in [0.1, 0.15) is 15.6 Å². The highest BCUT2D eigenvalue weighted by atomic mass is 32.2. The number of thiophene rings is 1. The average molecular weight is 383 g/mol. The molecule has 0 spiro atoms. The van der Waals surface area contributed by atoms with E-state index >= 15 is 0 Å². The number of carbonyl (C=O) groups excluding carboxylic acids is 2. The lowest BCUT2D eigenvalue weighted by molar-refractivity contribution is -0.128. The summed E-state index contributed by atoms with van der Waals surface area (Å²) in [6.07, 6.45) is 0.437. The van der Waals surface area contributed by atoms with Crippen molar-refractivity contribution in [3.8, 4) is 0 Å². The monoisotopic (exact) mass is 383 g/mol. The molecule has 1 aliphatic rings. The maximum Gasteiger partial charge on any atom is 0.249 e. The molecule has 25 heavy (non-hydrogen) atoms. The molecule has 0 radical (unpaired) electrons. The number of ketones is 1. The normalized spacial score (nSPS) is 15.8. The third kappa shape index (κ3) is 3.35. The minimum Gasteiger partial charge on any atom is -0.382 e. The second kappa shape index (κ2) is 6.01. The van der Waals surface area contributed by atoms with Gasteiger partial charge in [-0.25, -0.2) is 12.8 Å². The number of rotatable bonds is 6. The van der Waals surface area contributed by atoms with Gasteiger partial charge in [-0.2, -0.15) is 0 Å². The number of carbonyl (C=O) groups is 2. The first-order chi connectivity index (χ1) is 11.6. The van der Waals surface area contributed by atoms with E-state index in [4.69, 9.17) is 5.73 Å². The van der Waals surface area contributed by atoms with Gasteiger partial charge in [0.25, 0.3) is 0 Å². The van der Waals surface area contributed by atoms with Gasteiger partial charge in [-0.05, 0) is 43.2 Å². The summed E-state index contributed by atoms with van der Waals surface area (Å²) in [6.45, 7) is 0. The minimum atomic E-state index is -3.98. The lowest BCUT2D eigenvalue weighted by atomic mass is 10.1. The van der Waals surface area contributed by atoms with Gasteiger partial charge in [0.15, 0.2) is 5.78 Å². The Balaban J connectivity index is 1.99. The fraction of sp³-hybridized carbons (Fsp3) is 0.250. The molecule has 0 bridgehead atoms. The third-order valence-electron chi connectivity index (χ3n) is 4.00. The van der Waals surface area contributed by atoms with Crippen molar-refractivity contribution in [1.82, 2.24) is 0 Å². The predicted molar refractivity (Wildman–Crippen MR) is 87.6 cm³/mol. The minimum absolute atomic E-state index is 0.0664. The van der Waals surface area contributed by atoms with E-state index in [0.29, 0.717) is 12.8 Å². The molecule has 0 unspecified atom stereocenters. The summed E-state index contributed by atoms with van der Waals surface area (Å²) >= 11 is 0.752. The van der Waals surface area contributed by atoms with Crippen LogP contribution in [-0.2, 0) is 21.1 Å². The number of Topliss-reactive ketones (excluding diaryl/α,β-unsaturated/α-hetero) is 1. The van der Waals surface area contributed by atoms with Crippen LogP contribution in [0, 0.1) is 5.82 Å². The Morgan fingerprint density at radius 1 is 1.24 bits per heavy atom. The van der Waals surface area contributed by atoms with Crippen LogP contribution in [0.4, 0.5) is 4.39 Å². The summed E-state index contributed by atoms with van der Waals surface area (Å²) in [5.74, 6) is -1.91. The number of benzene rings is 1. The number of hydrogen-bond acceptors (Lipinski definition) is 6. The van der Waals surface area contributed by atoms with Gasteiger partial charge in [0.2, 0.25) is 15.7 Å².